The van der Waals surface area contributed by atoms with Crippen molar-refractivity contribution in [2.24, 2.45) is 0 Å². The summed E-state index contributed by atoms with van der Waals surface area (Å²) >= 11 is 0. The smallest absolute Gasteiger partial charge is 0.306 e. The Balaban J connectivity index is 2.76. The van der Waals surface area contributed by atoms with E-state index in [1.54, 1.807) is 6.08 Å². The lowest BCUT2D eigenvalue weighted by atomic mass is 9.99. The van der Waals surface area contributed by atoms with Gasteiger partial charge >= 0.3 is 5.97 Å². The normalized spacial score (nSPS) is 20.1. The average molecular weight is 1000 g/mol. The number of unbranched alkanes of at least 4 members (excludes halogenated alkanes) is 23. The Morgan fingerprint density at radius 2 is 1.01 bits per heavy atom. The van der Waals surface area contributed by atoms with Gasteiger partial charge < -0.3 is 45.1 Å². The summed E-state index contributed by atoms with van der Waals surface area (Å²) < 4.78 is 17.5. The second kappa shape index (κ2) is 48.1. The topological polar surface area (TPSA) is 175 Å². The van der Waals surface area contributed by atoms with Gasteiger partial charge in [-0.05, 0) is 64.2 Å². The van der Waals surface area contributed by atoms with Gasteiger partial charge in [0.2, 0.25) is 5.91 Å². The molecular weight excluding hydrogens is 895 g/mol. The van der Waals surface area contributed by atoms with Crippen LogP contribution in [-0.2, 0) is 23.8 Å². The molecule has 0 radical (unpaired) electrons. The Bertz CT molecular complexity index is 1430. The van der Waals surface area contributed by atoms with Crippen LogP contribution in [0.2, 0.25) is 0 Å². The fraction of sp³-hybridized carbons (Fsp3) is 0.767. The molecule has 1 saturated heterocycles. The molecule has 1 fully saturated rings. The van der Waals surface area contributed by atoms with Gasteiger partial charge in [0.05, 0.1) is 25.4 Å². The van der Waals surface area contributed by atoms with Gasteiger partial charge in [-0.3, -0.25) is 9.59 Å². The first-order chi connectivity index (χ1) is 34.7. The van der Waals surface area contributed by atoms with Crippen LogP contribution >= 0.6 is 0 Å². The largest absolute Gasteiger partial charge is 0.454 e. The average Bonchev–Trinajstić information content (AvgIpc) is 3.37. The van der Waals surface area contributed by atoms with E-state index in [4.69, 9.17) is 14.2 Å². The SMILES string of the molecule is CC/C=C\C/C=C\C/C=C\C/C=C\C/C=C\CCCC(=O)OC1C(OCC(NC(=O)C(O)CCCCCCCCCCCCCCCC)C(O)/C=C/CCCCCCCCCCC)OC(CO)C(O)C1O. The van der Waals surface area contributed by atoms with Gasteiger partial charge in [-0.25, -0.2) is 0 Å². The molecule has 1 aliphatic heterocycles. The summed E-state index contributed by atoms with van der Waals surface area (Å²) in [5, 5.41) is 56.7. The fourth-order valence-electron chi connectivity index (χ4n) is 8.57. The zero-order valence-electron chi connectivity index (χ0n) is 45.1. The summed E-state index contributed by atoms with van der Waals surface area (Å²) in [4.78, 5) is 26.4. The van der Waals surface area contributed by atoms with Crippen molar-refractivity contribution in [3.05, 3.63) is 72.9 Å². The molecule has 410 valence electrons. The second-order valence-corrected chi connectivity index (χ2v) is 19.6. The molecule has 0 spiro atoms. The van der Waals surface area contributed by atoms with Crippen molar-refractivity contribution in [2.75, 3.05) is 13.2 Å². The van der Waals surface area contributed by atoms with E-state index in [2.05, 4.69) is 74.7 Å². The number of carbonyl (C=O) groups is 2. The van der Waals surface area contributed by atoms with Crippen molar-refractivity contribution in [2.45, 2.75) is 282 Å². The van der Waals surface area contributed by atoms with Crippen molar-refractivity contribution >= 4 is 11.9 Å². The molecule has 0 aromatic carbocycles. The molecule has 0 aliphatic carbocycles. The molecule has 0 bridgehead atoms. The minimum atomic E-state index is -1.64. The van der Waals surface area contributed by atoms with Crippen molar-refractivity contribution in [3.8, 4) is 0 Å². The number of nitrogens with one attached hydrogen (secondary N) is 1. The van der Waals surface area contributed by atoms with E-state index in [9.17, 15) is 35.1 Å². The third kappa shape index (κ3) is 36.6. The first-order valence-electron chi connectivity index (χ1n) is 28.7. The fourth-order valence-corrected chi connectivity index (χ4v) is 8.57. The second-order valence-electron chi connectivity index (χ2n) is 19.6. The number of aliphatic hydroxyl groups excluding tert-OH is 5. The summed E-state index contributed by atoms with van der Waals surface area (Å²) in [6, 6.07) is -1.03. The van der Waals surface area contributed by atoms with Crippen LogP contribution in [0.4, 0.5) is 0 Å². The van der Waals surface area contributed by atoms with E-state index in [-0.39, 0.29) is 19.4 Å². The quantitative estimate of drug-likeness (QED) is 0.0196. The molecule has 71 heavy (non-hydrogen) atoms. The van der Waals surface area contributed by atoms with Gasteiger partial charge in [-0.1, -0.05) is 235 Å². The summed E-state index contributed by atoms with van der Waals surface area (Å²) in [6.07, 6.45) is 49.5. The van der Waals surface area contributed by atoms with Crippen molar-refractivity contribution in [3.63, 3.8) is 0 Å². The number of carbonyl (C=O) groups excluding carboxylic acids is 2. The van der Waals surface area contributed by atoms with Crippen LogP contribution in [0.5, 0.6) is 0 Å². The monoisotopic (exact) mass is 1000 g/mol. The molecule has 1 amide bonds. The highest BCUT2D eigenvalue weighted by Gasteiger charge is 2.47. The molecule has 8 atom stereocenters. The first-order valence-corrected chi connectivity index (χ1v) is 28.7. The number of amides is 1. The highest BCUT2D eigenvalue weighted by molar-refractivity contribution is 5.80. The lowest BCUT2D eigenvalue weighted by Crippen LogP contribution is -2.61. The zero-order valence-corrected chi connectivity index (χ0v) is 45.1. The molecule has 0 saturated carbocycles. The van der Waals surface area contributed by atoms with Gasteiger partial charge in [-0.15, -0.1) is 0 Å². The molecule has 1 heterocycles. The molecule has 11 heteroatoms. The summed E-state index contributed by atoms with van der Waals surface area (Å²) in [5.74, 6) is -1.26. The van der Waals surface area contributed by atoms with Crippen LogP contribution in [0.15, 0.2) is 72.9 Å². The van der Waals surface area contributed by atoms with Crippen LogP contribution in [0, 0.1) is 0 Å². The molecular formula is C60H105NO10. The number of rotatable bonds is 47. The van der Waals surface area contributed by atoms with E-state index in [1.807, 2.05) is 18.2 Å². The highest BCUT2D eigenvalue weighted by Crippen LogP contribution is 2.26. The lowest BCUT2D eigenvalue weighted by molar-refractivity contribution is -0.305. The Labute approximate surface area is 432 Å². The summed E-state index contributed by atoms with van der Waals surface area (Å²) in [5.41, 5.74) is 0. The highest BCUT2D eigenvalue weighted by atomic mass is 16.7. The molecule has 11 nitrogen and oxygen atoms in total. The molecule has 0 aromatic rings. The minimum absolute atomic E-state index is 0.0438. The zero-order chi connectivity index (χ0) is 51.8. The van der Waals surface area contributed by atoms with Crippen LogP contribution in [0.25, 0.3) is 0 Å². The van der Waals surface area contributed by atoms with E-state index in [0.29, 0.717) is 19.3 Å². The maximum Gasteiger partial charge on any atom is 0.306 e. The van der Waals surface area contributed by atoms with Gasteiger partial charge in [0.1, 0.15) is 24.4 Å². The number of hydrogen-bond donors (Lipinski definition) is 6. The maximum absolute atomic E-state index is 13.4. The first kappa shape index (κ1) is 66.1. The predicted octanol–water partition coefficient (Wildman–Crippen LogP) is 12.8. The van der Waals surface area contributed by atoms with Crippen LogP contribution in [-0.4, -0.2) is 99.6 Å². The number of ether oxygens (including phenoxy) is 3. The molecule has 1 rings (SSSR count). The standard InChI is InChI=1S/C60H105NO10/c1-4-7-10-13-16-19-22-24-26-27-28-30-33-36-39-42-45-48-55(65)71-58-57(67)56(66)54(49-62)70-60(58)69-50-51(52(63)46-43-40-37-34-31-21-18-15-12-9-6-3)61-59(68)53(64)47-44-41-38-35-32-29-25-23-20-17-14-11-8-5-2/h7,10,16,19,24,26,28,30,36,39,43,46,51-54,56-58,60,62-64,66-67H,4-6,8-9,11-15,17-18,20-23,25,27,29,31-35,37-38,40-42,44-45,47-50H2,1-3H3,(H,61,68)/b10-7-,19-16-,26-24-,30-28-,39-36-,46-43+. The Kier molecular flexibility index (Phi) is 44.8. The molecule has 0 aromatic heterocycles. The number of allylic oxidation sites excluding steroid dienone is 11. The number of esters is 1. The maximum atomic E-state index is 13.4. The Morgan fingerprint density at radius 1 is 0.563 bits per heavy atom. The number of hydrogen-bond acceptors (Lipinski definition) is 10. The van der Waals surface area contributed by atoms with Crippen molar-refractivity contribution in [1.29, 1.82) is 0 Å². The molecule has 1 aliphatic rings. The van der Waals surface area contributed by atoms with Crippen LogP contribution in [0.1, 0.15) is 233 Å². The minimum Gasteiger partial charge on any atom is -0.454 e. The molecule has 8 unspecified atom stereocenters. The van der Waals surface area contributed by atoms with Gasteiger partial charge in [0.15, 0.2) is 12.4 Å². The van der Waals surface area contributed by atoms with Crippen molar-refractivity contribution < 1.29 is 49.3 Å². The summed E-state index contributed by atoms with van der Waals surface area (Å²) in [6.45, 7) is 5.62. The number of aliphatic hydroxyl groups is 5. The van der Waals surface area contributed by atoms with Crippen molar-refractivity contribution in [1.82, 2.24) is 5.32 Å². The lowest BCUT2D eigenvalue weighted by Gasteiger charge is -2.41. The van der Waals surface area contributed by atoms with E-state index in [0.717, 1.165) is 70.6 Å². The predicted molar refractivity (Wildman–Crippen MR) is 292 cm³/mol. The van der Waals surface area contributed by atoms with Crippen LogP contribution < -0.4 is 5.32 Å². The van der Waals surface area contributed by atoms with Gasteiger partial charge in [0, 0.05) is 6.42 Å². The van der Waals surface area contributed by atoms with E-state index >= 15 is 0 Å². The van der Waals surface area contributed by atoms with Gasteiger partial charge in [-0.2, -0.15) is 0 Å². The molecule has 6 N–H and O–H groups in total. The third-order valence-electron chi connectivity index (χ3n) is 13.1. The summed E-state index contributed by atoms with van der Waals surface area (Å²) in [7, 11) is 0. The Morgan fingerprint density at radius 3 is 1.51 bits per heavy atom. The third-order valence-corrected chi connectivity index (χ3v) is 13.1. The van der Waals surface area contributed by atoms with E-state index in [1.165, 1.54) is 109 Å². The van der Waals surface area contributed by atoms with Gasteiger partial charge in [0.25, 0.3) is 0 Å². The Hall–Kier alpha value is -2.90. The van der Waals surface area contributed by atoms with Crippen LogP contribution in [0.3, 0.4) is 0 Å². The van der Waals surface area contributed by atoms with E-state index < -0.39 is 67.4 Å².